The highest BCUT2D eigenvalue weighted by atomic mass is 35.5. The van der Waals surface area contributed by atoms with Gasteiger partial charge in [-0.05, 0) is 78.6 Å². The molecule has 0 heterocycles. The largest absolute Gasteiger partial charge is 0.457 e. The Labute approximate surface area is 304 Å². The Morgan fingerprint density at radius 1 is 0.745 bits per heavy atom. The standard InChI is InChI=1S/C41H40ClN3O5S/c42-38-23-13-10-16-32(38)29-44(39(28-31-14-4-1-5-15-31)41(47)43-33-17-11-12-18-33)40(46)30-45(51(48,49)37-21-8-3-9-22-37)34-24-26-36(27-25-34)50-35-19-6-2-7-20-35/h1-10,13-16,19-27,33,39H,11-12,17-18,28-30H2,(H,43,47)/t39-/m1/s1. The first kappa shape index (κ1) is 35.7. The number of amides is 2. The van der Waals surface area contributed by atoms with Gasteiger partial charge in [0.15, 0.2) is 0 Å². The highest BCUT2D eigenvalue weighted by molar-refractivity contribution is 7.92. The van der Waals surface area contributed by atoms with Crippen molar-refractivity contribution in [1.29, 1.82) is 0 Å². The fourth-order valence-corrected chi connectivity index (χ4v) is 7.92. The minimum Gasteiger partial charge on any atom is -0.457 e. The van der Waals surface area contributed by atoms with E-state index in [2.05, 4.69) is 5.32 Å². The predicted octanol–water partition coefficient (Wildman–Crippen LogP) is 8.03. The summed E-state index contributed by atoms with van der Waals surface area (Å²) in [5.74, 6) is 0.289. The summed E-state index contributed by atoms with van der Waals surface area (Å²) in [6, 6.07) is 39.5. The van der Waals surface area contributed by atoms with Crippen LogP contribution in [0.1, 0.15) is 36.8 Å². The second-order valence-electron chi connectivity index (χ2n) is 12.5. The number of rotatable bonds is 14. The summed E-state index contributed by atoms with van der Waals surface area (Å²) in [4.78, 5) is 30.5. The number of carbonyl (C=O) groups excluding carboxylic acids is 2. The van der Waals surface area contributed by atoms with Crippen LogP contribution in [0, 0.1) is 0 Å². The normalized spacial score (nSPS) is 13.7. The van der Waals surface area contributed by atoms with Gasteiger partial charge in [-0.3, -0.25) is 13.9 Å². The molecule has 0 aliphatic heterocycles. The molecule has 1 saturated carbocycles. The lowest BCUT2D eigenvalue weighted by atomic mass is 10.0. The molecule has 1 atom stereocenters. The zero-order chi connectivity index (χ0) is 35.6. The second-order valence-corrected chi connectivity index (χ2v) is 14.8. The smallest absolute Gasteiger partial charge is 0.264 e. The Morgan fingerprint density at radius 2 is 1.31 bits per heavy atom. The maximum atomic E-state index is 14.8. The van der Waals surface area contributed by atoms with E-state index in [0.717, 1.165) is 35.6 Å². The fourth-order valence-electron chi connectivity index (χ4n) is 6.29. The lowest BCUT2D eigenvalue weighted by Gasteiger charge is -2.34. The highest BCUT2D eigenvalue weighted by Gasteiger charge is 2.35. The van der Waals surface area contributed by atoms with Crippen molar-refractivity contribution in [2.75, 3.05) is 10.8 Å². The molecule has 2 amide bonds. The first-order chi connectivity index (χ1) is 24.8. The van der Waals surface area contributed by atoms with Crippen LogP contribution in [0.15, 0.2) is 144 Å². The zero-order valence-electron chi connectivity index (χ0n) is 28.1. The molecule has 0 bridgehead atoms. The first-order valence-corrected chi connectivity index (χ1v) is 18.9. The number of nitrogens with zero attached hydrogens (tertiary/aromatic N) is 2. The van der Waals surface area contributed by atoms with Crippen molar-refractivity contribution in [3.63, 3.8) is 0 Å². The molecule has 0 unspecified atom stereocenters. The van der Waals surface area contributed by atoms with Crippen LogP contribution in [0.25, 0.3) is 0 Å². The highest BCUT2D eigenvalue weighted by Crippen LogP contribution is 2.29. The number of hydrogen-bond acceptors (Lipinski definition) is 5. The van der Waals surface area contributed by atoms with Gasteiger partial charge in [0, 0.05) is 24.0 Å². The molecular formula is C41H40ClN3O5S. The van der Waals surface area contributed by atoms with Crippen LogP contribution in [-0.4, -0.2) is 43.8 Å². The van der Waals surface area contributed by atoms with Crippen molar-refractivity contribution in [3.05, 3.63) is 156 Å². The van der Waals surface area contributed by atoms with Gasteiger partial charge in [0.05, 0.1) is 10.6 Å². The molecule has 1 aliphatic rings. The van der Waals surface area contributed by atoms with Crippen LogP contribution >= 0.6 is 11.6 Å². The fraction of sp³-hybridized carbons (Fsp3) is 0.220. The summed E-state index contributed by atoms with van der Waals surface area (Å²) < 4.78 is 35.7. The van der Waals surface area contributed by atoms with Crippen LogP contribution in [0.2, 0.25) is 5.02 Å². The second kappa shape index (κ2) is 16.7. The van der Waals surface area contributed by atoms with Gasteiger partial charge >= 0.3 is 0 Å². The Balaban J connectivity index is 1.38. The Hall–Kier alpha value is -5.12. The van der Waals surface area contributed by atoms with Gasteiger partial charge in [0.1, 0.15) is 24.1 Å². The monoisotopic (exact) mass is 721 g/mol. The number of carbonyl (C=O) groups is 2. The zero-order valence-corrected chi connectivity index (χ0v) is 29.7. The van der Waals surface area contributed by atoms with E-state index in [1.54, 1.807) is 60.7 Å². The average molecular weight is 722 g/mol. The van der Waals surface area contributed by atoms with Gasteiger partial charge in [0.25, 0.3) is 10.0 Å². The molecule has 1 aliphatic carbocycles. The summed E-state index contributed by atoms with van der Waals surface area (Å²) in [6.07, 6.45) is 4.02. The number of nitrogens with one attached hydrogen (secondary N) is 1. The van der Waals surface area contributed by atoms with Crippen molar-refractivity contribution >= 4 is 39.1 Å². The van der Waals surface area contributed by atoms with Gasteiger partial charge < -0.3 is 15.0 Å². The number of sulfonamides is 1. The van der Waals surface area contributed by atoms with Crippen molar-refractivity contribution in [2.45, 2.75) is 55.6 Å². The van der Waals surface area contributed by atoms with Gasteiger partial charge in [0.2, 0.25) is 11.8 Å². The third-order valence-corrected chi connectivity index (χ3v) is 11.1. The van der Waals surface area contributed by atoms with Crippen LogP contribution in [0.5, 0.6) is 11.5 Å². The molecule has 6 rings (SSSR count). The third-order valence-electron chi connectivity index (χ3n) is 8.98. The molecule has 5 aromatic rings. The van der Waals surface area contributed by atoms with Crippen LogP contribution < -0.4 is 14.4 Å². The van der Waals surface area contributed by atoms with Crippen molar-refractivity contribution in [3.8, 4) is 11.5 Å². The molecule has 51 heavy (non-hydrogen) atoms. The number of para-hydroxylation sites is 1. The van der Waals surface area contributed by atoms with E-state index in [1.807, 2.05) is 66.7 Å². The summed E-state index contributed by atoms with van der Waals surface area (Å²) in [7, 11) is -4.24. The Kier molecular flexibility index (Phi) is 11.7. The molecule has 0 spiro atoms. The topological polar surface area (TPSA) is 96.0 Å². The minimum absolute atomic E-state index is 0.00281. The lowest BCUT2D eigenvalue weighted by molar-refractivity contribution is -0.140. The molecule has 10 heteroatoms. The van der Waals surface area contributed by atoms with E-state index in [-0.39, 0.29) is 35.5 Å². The summed E-state index contributed by atoms with van der Waals surface area (Å²) >= 11 is 6.63. The number of ether oxygens (including phenoxy) is 1. The van der Waals surface area contributed by atoms with E-state index in [1.165, 1.54) is 17.0 Å². The molecule has 1 N–H and O–H groups in total. The number of hydrogen-bond donors (Lipinski definition) is 1. The van der Waals surface area contributed by atoms with Gasteiger partial charge in [-0.25, -0.2) is 8.42 Å². The SMILES string of the molecule is O=C(NC1CCCC1)[C@@H](Cc1ccccc1)N(Cc1ccccc1Cl)C(=O)CN(c1ccc(Oc2ccccc2)cc1)S(=O)(=O)c1ccccc1. The molecular weight excluding hydrogens is 682 g/mol. The molecule has 0 aromatic heterocycles. The van der Waals surface area contributed by atoms with Crippen molar-refractivity contribution in [1.82, 2.24) is 10.2 Å². The summed E-state index contributed by atoms with van der Waals surface area (Å²) in [5.41, 5.74) is 1.77. The Morgan fingerprint density at radius 3 is 1.96 bits per heavy atom. The van der Waals surface area contributed by atoms with Gasteiger partial charge in [-0.15, -0.1) is 0 Å². The maximum absolute atomic E-state index is 14.8. The summed E-state index contributed by atoms with van der Waals surface area (Å²) in [5, 5.41) is 3.63. The molecule has 5 aromatic carbocycles. The molecule has 0 radical (unpaired) electrons. The van der Waals surface area contributed by atoms with Gasteiger partial charge in [-0.1, -0.05) is 109 Å². The van der Waals surface area contributed by atoms with Crippen molar-refractivity contribution in [2.24, 2.45) is 0 Å². The van der Waals surface area contributed by atoms with E-state index in [9.17, 15) is 18.0 Å². The van der Waals surface area contributed by atoms with E-state index < -0.39 is 28.5 Å². The third kappa shape index (κ3) is 9.17. The number of benzene rings is 5. The number of halogens is 1. The molecule has 8 nitrogen and oxygen atoms in total. The molecule has 262 valence electrons. The Bertz CT molecular complexity index is 2010. The van der Waals surface area contributed by atoms with Crippen LogP contribution in [0.4, 0.5) is 5.69 Å². The molecule has 0 saturated heterocycles. The molecule has 1 fully saturated rings. The number of anilines is 1. The van der Waals surface area contributed by atoms with E-state index in [0.29, 0.717) is 22.1 Å². The maximum Gasteiger partial charge on any atom is 0.264 e. The van der Waals surface area contributed by atoms with E-state index in [4.69, 9.17) is 16.3 Å². The first-order valence-electron chi connectivity index (χ1n) is 17.1. The van der Waals surface area contributed by atoms with Crippen LogP contribution in [-0.2, 0) is 32.6 Å². The average Bonchev–Trinajstić information content (AvgIpc) is 3.67. The predicted molar refractivity (Wildman–Crippen MR) is 200 cm³/mol. The van der Waals surface area contributed by atoms with Gasteiger partial charge in [-0.2, -0.15) is 0 Å². The van der Waals surface area contributed by atoms with Crippen LogP contribution in [0.3, 0.4) is 0 Å². The lowest BCUT2D eigenvalue weighted by Crippen LogP contribution is -2.54. The minimum atomic E-state index is -4.24. The van der Waals surface area contributed by atoms with Crippen molar-refractivity contribution < 1.29 is 22.7 Å². The quantitative estimate of drug-likeness (QED) is 0.125. The summed E-state index contributed by atoms with van der Waals surface area (Å²) in [6.45, 7) is -0.570. The van der Waals surface area contributed by atoms with E-state index >= 15 is 0 Å².